The van der Waals surface area contributed by atoms with Crippen LogP contribution in [0.15, 0.2) is 53.0 Å². The first-order valence-electron chi connectivity index (χ1n) is 8.12. The van der Waals surface area contributed by atoms with Gasteiger partial charge in [0.05, 0.1) is 5.56 Å². The number of benzene rings is 2. The van der Waals surface area contributed by atoms with Gasteiger partial charge in [-0.15, -0.1) is 12.4 Å². The molecule has 1 heterocycles. The molecule has 2 aromatic rings. The largest absolute Gasteiger partial charge is 0.456 e. The van der Waals surface area contributed by atoms with E-state index in [1.807, 2.05) is 53.4 Å². The molecule has 1 aliphatic rings. The first-order chi connectivity index (χ1) is 11.6. The van der Waals surface area contributed by atoms with Crippen molar-refractivity contribution in [2.45, 2.75) is 19.4 Å². The van der Waals surface area contributed by atoms with Crippen LogP contribution in [0.1, 0.15) is 23.7 Å². The van der Waals surface area contributed by atoms with Gasteiger partial charge in [-0.1, -0.05) is 34.1 Å². The topological polar surface area (TPSA) is 55.6 Å². The Hall–Kier alpha value is -1.56. The molecule has 2 aromatic carbocycles. The van der Waals surface area contributed by atoms with E-state index in [1.165, 1.54) is 0 Å². The molecule has 0 radical (unpaired) electrons. The van der Waals surface area contributed by atoms with E-state index in [1.54, 1.807) is 0 Å². The van der Waals surface area contributed by atoms with Crippen molar-refractivity contribution in [2.24, 2.45) is 11.7 Å². The molecule has 25 heavy (non-hydrogen) atoms. The van der Waals surface area contributed by atoms with Gasteiger partial charge in [-0.2, -0.15) is 0 Å². The van der Waals surface area contributed by atoms with Crippen molar-refractivity contribution < 1.29 is 9.53 Å². The Labute approximate surface area is 162 Å². The molecule has 2 unspecified atom stereocenters. The quantitative estimate of drug-likeness (QED) is 0.786. The summed E-state index contributed by atoms with van der Waals surface area (Å²) >= 11 is 3.43. The van der Waals surface area contributed by atoms with Crippen molar-refractivity contribution in [3.05, 3.63) is 58.6 Å². The van der Waals surface area contributed by atoms with Gasteiger partial charge in [0.1, 0.15) is 11.5 Å². The number of ether oxygens (including phenoxy) is 1. The van der Waals surface area contributed by atoms with Gasteiger partial charge >= 0.3 is 0 Å². The SMILES string of the molecule is CC1CC(CN)CN1C(=O)c1ccccc1Oc1cccc(Br)c1.Cl. The normalized spacial score (nSPS) is 19.4. The highest BCUT2D eigenvalue weighted by atomic mass is 79.9. The number of para-hydroxylation sites is 1. The zero-order chi connectivity index (χ0) is 17.1. The smallest absolute Gasteiger partial charge is 0.257 e. The second-order valence-corrected chi connectivity index (χ2v) is 7.12. The standard InChI is InChI=1S/C19H21BrN2O2.ClH/c1-13-9-14(11-21)12-22(13)19(23)17-7-2-3-8-18(17)24-16-6-4-5-15(20)10-16;/h2-8,10,13-14H,9,11-12,21H2,1H3;1H. The second kappa shape index (κ2) is 8.70. The highest BCUT2D eigenvalue weighted by Crippen LogP contribution is 2.30. The lowest BCUT2D eigenvalue weighted by molar-refractivity contribution is 0.0741. The number of halogens is 2. The maximum absolute atomic E-state index is 13.0. The average molecular weight is 426 g/mol. The first kappa shape index (κ1) is 19.8. The van der Waals surface area contributed by atoms with Crippen LogP contribution < -0.4 is 10.5 Å². The Kier molecular flexibility index (Phi) is 6.87. The highest BCUT2D eigenvalue weighted by Gasteiger charge is 2.33. The molecule has 1 saturated heterocycles. The van der Waals surface area contributed by atoms with Gasteiger partial charge in [0, 0.05) is 17.1 Å². The Morgan fingerprint density at radius 3 is 2.72 bits per heavy atom. The minimum absolute atomic E-state index is 0. The lowest BCUT2D eigenvalue weighted by Crippen LogP contribution is -2.34. The van der Waals surface area contributed by atoms with Crippen molar-refractivity contribution in [2.75, 3.05) is 13.1 Å². The van der Waals surface area contributed by atoms with Crippen LogP contribution in [0.3, 0.4) is 0 Å². The van der Waals surface area contributed by atoms with Crippen LogP contribution in [0.2, 0.25) is 0 Å². The van der Waals surface area contributed by atoms with Crippen molar-refractivity contribution in [1.82, 2.24) is 4.90 Å². The van der Waals surface area contributed by atoms with Crippen LogP contribution in [0.25, 0.3) is 0 Å². The van der Waals surface area contributed by atoms with Crippen molar-refractivity contribution in [3.8, 4) is 11.5 Å². The lowest BCUT2D eigenvalue weighted by Gasteiger charge is -2.23. The van der Waals surface area contributed by atoms with Crippen LogP contribution in [0, 0.1) is 5.92 Å². The van der Waals surface area contributed by atoms with E-state index in [0.717, 1.165) is 10.9 Å². The third kappa shape index (κ3) is 4.54. The fourth-order valence-corrected chi connectivity index (χ4v) is 3.52. The zero-order valence-corrected chi connectivity index (χ0v) is 16.4. The minimum atomic E-state index is 0. The third-order valence-corrected chi connectivity index (χ3v) is 4.89. The van der Waals surface area contributed by atoms with Gasteiger partial charge in [-0.3, -0.25) is 4.79 Å². The number of carbonyl (C=O) groups is 1. The van der Waals surface area contributed by atoms with Crippen LogP contribution in [0.4, 0.5) is 0 Å². The summed E-state index contributed by atoms with van der Waals surface area (Å²) in [5.74, 6) is 1.65. The summed E-state index contributed by atoms with van der Waals surface area (Å²) in [7, 11) is 0. The van der Waals surface area contributed by atoms with E-state index in [9.17, 15) is 4.79 Å². The van der Waals surface area contributed by atoms with E-state index in [2.05, 4.69) is 22.9 Å². The van der Waals surface area contributed by atoms with Gasteiger partial charge in [0.15, 0.2) is 0 Å². The predicted molar refractivity (Wildman–Crippen MR) is 106 cm³/mol. The molecule has 0 bridgehead atoms. The fourth-order valence-electron chi connectivity index (χ4n) is 3.14. The fraction of sp³-hybridized carbons (Fsp3) is 0.316. The second-order valence-electron chi connectivity index (χ2n) is 6.20. The molecule has 1 aliphatic heterocycles. The van der Waals surface area contributed by atoms with Crippen LogP contribution in [-0.2, 0) is 0 Å². The summed E-state index contributed by atoms with van der Waals surface area (Å²) in [5.41, 5.74) is 6.36. The summed E-state index contributed by atoms with van der Waals surface area (Å²) in [4.78, 5) is 14.9. The number of carbonyl (C=O) groups excluding carboxylic acids is 1. The molecule has 0 spiro atoms. The Morgan fingerprint density at radius 2 is 2.04 bits per heavy atom. The molecule has 2 atom stereocenters. The predicted octanol–water partition coefficient (Wildman–Crippen LogP) is 4.47. The molecule has 4 nitrogen and oxygen atoms in total. The number of likely N-dealkylation sites (tertiary alicyclic amines) is 1. The highest BCUT2D eigenvalue weighted by molar-refractivity contribution is 9.10. The summed E-state index contributed by atoms with van der Waals surface area (Å²) in [6, 6.07) is 15.2. The summed E-state index contributed by atoms with van der Waals surface area (Å²) < 4.78 is 6.89. The summed E-state index contributed by atoms with van der Waals surface area (Å²) in [6.07, 6.45) is 0.955. The number of hydrogen-bond acceptors (Lipinski definition) is 3. The Bertz CT molecular complexity index is 741. The zero-order valence-electron chi connectivity index (χ0n) is 14.0. The number of nitrogens with two attached hydrogens (primary N) is 1. The summed E-state index contributed by atoms with van der Waals surface area (Å²) in [5, 5.41) is 0. The maximum Gasteiger partial charge on any atom is 0.257 e. The summed E-state index contributed by atoms with van der Waals surface area (Å²) in [6.45, 7) is 3.40. The van der Waals surface area contributed by atoms with Crippen molar-refractivity contribution in [1.29, 1.82) is 0 Å². The van der Waals surface area contributed by atoms with Gasteiger partial charge in [-0.05, 0) is 56.1 Å². The van der Waals surface area contributed by atoms with E-state index in [4.69, 9.17) is 10.5 Å². The molecular formula is C19H22BrClN2O2. The molecule has 0 aromatic heterocycles. The molecule has 1 fully saturated rings. The maximum atomic E-state index is 13.0. The van der Waals surface area contributed by atoms with Crippen LogP contribution in [0.5, 0.6) is 11.5 Å². The van der Waals surface area contributed by atoms with Crippen LogP contribution >= 0.6 is 28.3 Å². The minimum Gasteiger partial charge on any atom is -0.456 e. The van der Waals surface area contributed by atoms with Gasteiger partial charge < -0.3 is 15.4 Å². The van der Waals surface area contributed by atoms with E-state index >= 15 is 0 Å². The van der Waals surface area contributed by atoms with Gasteiger partial charge in [0.2, 0.25) is 0 Å². The Morgan fingerprint density at radius 1 is 1.28 bits per heavy atom. The number of hydrogen-bond donors (Lipinski definition) is 1. The third-order valence-electron chi connectivity index (χ3n) is 4.40. The van der Waals surface area contributed by atoms with Gasteiger partial charge in [-0.25, -0.2) is 0 Å². The van der Waals surface area contributed by atoms with Crippen LogP contribution in [-0.4, -0.2) is 29.9 Å². The van der Waals surface area contributed by atoms with Crippen molar-refractivity contribution >= 4 is 34.2 Å². The number of rotatable bonds is 4. The average Bonchev–Trinajstić information content (AvgIpc) is 2.96. The van der Waals surface area contributed by atoms with E-state index in [-0.39, 0.29) is 24.4 Å². The first-order valence-corrected chi connectivity index (χ1v) is 8.91. The molecule has 3 rings (SSSR count). The number of nitrogens with zero attached hydrogens (tertiary/aromatic N) is 1. The van der Waals surface area contributed by atoms with Crippen molar-refractivity contribution in [3.63, 3.8) is 0 Å². The molecule has 6 heteroatoms. The molecule has 2 N–H and O–H groups in total. The van der Waals surface area contributed by atoms with E-state index < -0.39 is 0 Å². The monoisotopic (exact) mass is 424 g/mol. The molecule has 1 amide bonds. The van der Waals surface area contributed by atoms with E-state index in [0.29, 0.717) is 36.1 Å². The molecule has 0 saturated carbocycles. The molecular weight excluding hydrogens is 404 g/mol. The number of amides is 1. The Balaban J connectivity index is 0.00000225. The van der Waals surface area contributed by atoms with Gasteiger partial charge in [0.25, 0.3) is 5.91 Å². The molecule has 134 valence electrons. The lowest BCUT2D eigenvalue weighted by atomic mass is 10.1. The molecule has 0 aliphatic carbocycles.